The van der Waals surface area contributed by atoms with E-state index in [1.54, 1.807) is 0 Å². The smallest absolute Gasteiger partial charge is 0.128 e. The van der Waals surface area contributed by atoms with Crippen LogP contribution in [-0.4, -0.2) is 36.1 Å². The lowest BCUT2D eigenvalue weighted by molar-refractivity contribution is 0.353. The molecular weight excluding hydrogens is 462 g/mol. The molecule has 0 spiro atoms. The van der Waals surface area contributed by atoms with E-state index < -0.39 is 0 Å². The summed E-state index contributed by atoms with van der Waals surface area (Å²) in [5.41, 5.74) is 4.77. The maximum Gasteiger partial charge on any atom is 0.128 e. The second-order valence-corrected chi connectivity index (χ2v) is 9.93. The van der Waals surface area contributed by atoms with E-state index in [0.717, 1.165) is 35.2 Å². The van der Waals surface area contributed by atoms with Crippen LogP contribution in [0.15, 0.2) is 59.2 Å². The molecule has 1 aliphatic carbocycles. The van der Waals surface area contributed by atoms with Crippen LogP contribution in [-0.2, 0) is 6.54 Å². The van der Waals surface area contributed by atoms with E-state index in [-0.39, 0.29) is 0 Å². The minimum absolute atomic E-state index is 0.473. The molecule has 32 heavy (non-hydrogen) atoms. The molecule has 0 radical (unpaired) electrons. The first-order valence-electron chi connectivity index (χ1n) is 11.4. The molecule has 6 heteroatoms. The third-order valence-corrected chi connectivity index (χ3v) is 7.06. The molecular formula is C26H30BrN5. The Morgan fingerprint density at radius 1 is 1.00 bits per heavy atom. The topological polar surface area (TPSA) is 56.0 Å². The summed E-state index contributed by atoms with van der Waals surface area (Å²) in [6.45, 7) is 0.900. The number of halogens is 1. The quantitative estimate of drug-likeness (QED) is 0.306. The third-order valence-electron chi connectivity index (χ3n) is 6.57. The van der Waals surface area contributed by atoms with Gasteiger partial charge in [0.15, 0.2) is 0 Å². The monoisotopic (exact) mass is 491 g/mol. The lowest BCUT2D eigenvalue weighted by Gasteiger charge is -2.30. The Morgan fingerprint density at radius 2 is 1.78 bits per heavy atom. The number of nitrogens with one attached hydrogen (secondary N) is 3. The molecule has 5 rings (SSSR count). The third kappa shape index (κ3) is 4.48. The number of benzene rings is 2. The number of nitrogens with zero attached hydrogens (tertiary/aromatic N) is 2. The zero-order valence-corrected chi connectivity index (χ0v) is 20.2. The van der Waals surface area contributed by atoms with Gasteiger partial charge in [-0.25, -0.2) is 4.98 Å². The summed E-state index contributed by atoms with van der Waals surface area (Å²) in [5, 5.41) is 9.98. The normalized spacial score (nSPS) is 18.8. The number of hydrogen-bond acceptors (Lipinski definition) is 4. The van der Waals surface area contributed by atoms with Crippen molar-refractivity contribution in [2.24, 2.45) is 0 Å². The number of rotatable bonds is 6. The van der Waals surface area contributed by atoms with E-state index in [2.05, 4.69) is 105 Å². The van der Waals surface area contributed by atoms with Gasteiger partial charge in [0, 0.05) is 71.4 Å². The van der Waals surface area contributed by atoms with Crippen LogP contribution < -0.4 is 15.5 Å². The van der Waals surface area contributed by atoms with Crippen molar-refractivity contribution in [3.05, 3.63) is 64.8 Å². The second-order valence-electron chi connectivity index (χ2n) is 9.02. The van der Waals surface area contributed by atoms with Crippen molar-refractivity contribution < 1.29 is 0 Å². The molecule has 0 aliphatic heterocycles. The molecule has 2 heterocycles. The SMILES string of the molecule is CN(C)c1cc(NC2CCC(NCc3c[nH]c4ccc(Br)cc34)CC2)nc2ccccc12. The van der Waals surface area contributed by atoms with Gasteiger partial charge in [-0.15, -0.1) is 0 Å². The van der Waals surface area contributed by atoms with Crippen LogP contribution in [0.25, 0.3) is 21.8 Å². The number of aromatic amines is 1. The van der Waals surface area contributed by atoms with Crippen molar-refractivity contribution in [2.45, 2.75) is 44.3 Å². The summed E-state index contributed by atoms with van der Waals surface area (Å²) in [4.78, 5) is 10.4. The van der Waals surface area contributed by atoms with Crippen LogP contribution in [0.1, 0.15) is 31.2 Å². The highest BCUT2D eigenvalue weighted by atomic mass is 79.9. The van der Waals surface area contributed by atoms with Crippen molar-refractivity contribution in [1.29, 1.82) is 0 Å². The number of aromatic nitrogens is 2. The van der Waals surface area contributed by atoms with Gasteiger partial charge in [-0.2, -0.15) is 0 Å². The Balaban J connectivity index is 1.19. The number of para-hydroxylation sites is 1. The van der Waals surface area contributed by atoms with Crippen molar-refractivity contribution in [2.75, 3.05) is 24.3 Å². The van der Waals surface area contributed by atoms with Crippen molar-refractivity contribution in [3.8, 4) is 0 Å². The number of hydrogen-bond donors (Lipinski definition) is 3. The molecule has 0 bridgehead atoms. The average Bonchev–Trinajstić information content (AvgIpc) is 3.20. The predicted octanol–water partition coefficient (Wildman–Crippen LogP) is 6.06. The molecule has 0 atom stereocenters. The maximum atomic E-state index is 4.88. The van der Waals surface area contributed by atoms with Crippen LogP contribution in [0, 0.1) is 0 Å². The van der Waals surface area contributed by atoms with Crippen molar-refractivity contribution >= 4 is 49.2 Å². The molecule has 1 aliphatic rings. The van der Waals surface area contributed by atoms with Gasteiger partial charge in [0.2, 0.25) is 0 Å². The zero-order chi connectivity index (χ0) is 22.1. The maximum absolute atomic E-state index is 4.88. The Labute approximate surface area is 197 Å². The minimum Gasteiger partial charge on any atom is -0.377 e. The molecule has 0 amide bonds. The summed E-state index contributed by atoms with van der Waals surface area (Å²) in [6, 6.07) is 18.0. The molecule has 2 aromatic carbocycles. The first-order chi connectivity index (χ1) is 15.6. The molecule has 0 saturated heterocycles. The van der Waals surface area contributed by atoms with Gasteiger partial charge in [-0.05, 0) is 55.5 Å². The van der Waals surface area contributed by atoms with E-state index in [1.165, 1.54) is 40.4 Å². The first-order valence-corrected chi connectivity index (χ1v) is 12.2. The fourth-order valence-corrected chi connectivity index (χ4v) is 5.16. The standard InChI is InChI=1S/C26H30BrN5/c1-32(2)25-14-26(31-24-6-4-3-5-21(24)25)30-20-10-8-19(9-11-20)28-15-17-16-29-23-12-7-18(27)13-22(17)23/h3-7,12-14,16,19-20,28-29H,8-11,15H2,1-2H3,(H,30,31). The Kier molecular flexibility index (Phi) is 6.07. The van der Waals surface area contributed by atoms with Crippen LogP contribution in [0.5, 0.6) is 0 Å². The number of H-pyrrole nitrogens is 1. The van der Waals surface area contributed by atoms with E-state index in [1.807, 2.05) is 0 Å². The van der Waals surface area contributed by atoms with Gasteiger partial charge in [0.05, 0.1) is 5.52 Å². The fourth-order valence-electron chi connectivity index (χ4n) is 4.80. The lowest BCUT2D eigenvalue weighted by atomic mass is 9.91. The minimum atomic E-state index is 0.473. The molecule has 0 unspecified atom stereocenters. The summed E-state index contributed by atoms with van der Waals surface area (Å²) >= 11 is 3.59. The van der Waals surface area contributed by atoms with Gasteiger partial charge < -0.3 is 20.5 Å². The lowest BCUT2D eigenvalue weighted by Crippen LogP contribution is -2.36. The van der Waals surface area contributed by atoms with E-state index >= 15 is 0 Å². The Bertz CT molecular complexity index is 1220. The van der Waals surface area contributed by atoms with Crippen LogP contribution in [0.3, 0.4) is 0 Å². The van der Waals surface area contributed by atoms with Gasteiger partial charge in [-0.1, -0.05) is 34.1 Å². The van der Waals surface area contributed by atoms with Crippen molar-refractivity contribution in [3.63, 3.8) is 0 Å². The van der Waals surface area contributed by atoms with E-state index in [0.29, 0.717) is 12.1 Å². The Morgan fingerprint density at radius 3 is 2.59 bits per heavy atom. The summed E-state index contributed by atoms with van der Waals surface area (Å²) in [6.07, 6.45) is 6.80. The summed E-state index contributed by atoms with van der Waals surface area (Å²) in [7, 11) is 4.18. The number of anilines is 2. The highest BCUT2D eigenvalue weighted by Crippen LogP contribution is 2.29. The fraction of sp³-hybridized carbons (Fsp3) is 0.346. The van der Waals surface area contributed by atoms with Gasteiger partial charge in [0.1, 0.15) is 5.82 Å². The Hall–Kier alpha value is -2.57. The molecule has 2 aromatic heterocycles. The molecule has 1 fully saturated rings. The van der Waals surface area contributed by atoms with Crippen molar-refractivity contribution in [1.82, 2.24) is 15.3 Å². The summed E-state index contributed by atoms with van der Waals surface area (Å²) < 4.78 is 1.12. The molecule has 5 nitrogen and oxygen atoms in total. The molecule has 3 N–H and O–H groups in total. The van der Waals surface area contributed by atoms with Crippen LogP contribution in [0.4, 0.5) is 11.5 Å². The average molecular weight is 492 g/mol. The van der Waals surface area contributed by atoms with Gasteiger partial charge in [0.25, 0.3) is 0 Å². The number of pyridine rings is 1. The zero-order valence-electron chi connectivity index (χ0n) is 18.7. The second kappa shape index (κ2) is 9.12. The molecule has 4 aromatic rings. The first kappa shape index (κ1) is 21.3. The number of fused-ring (bicyclic) bond motifs is 2. The summed E-state index contributed by atoms with van der Waals surface area (Å²) in [5.74, 6) is 0.980. The molecule has 166 valence electrons. The van der Waals surface area contributed by atoms with E-state index in [9.17, 15) is 0 Å². The highest BCUT2D eigenvalue weighted by Gasteiger charge is 2.22. The van der Waals surface area contributed by atoms with Gasteiger partial charge >= 0.3 is 0 Å². The highest BCUT2D eigenvalue weighted by molar-refractivity contribution is 9.10. The predicted molar refractivity (Wildman–Crippen MR) is 139 cm³/mol. The van der Waals surface area contributed by atoms with E-state index in [4.69, 9.17) is 4.98 Å². The van der Waals surface area contributed by atoms with Gasteiger partial charge in [-0.3, -0.25) is 0 Å². The largest absolute Gasteiger partial charge is 0.377 e. The van der Waals surface area contributed by atoms with Crippen LogP contribution in [0.2, 0.25) is 0 Å². The molecule has 1 saturated carbocycles. The van der Waals surface area contributed by atoms with Crippen LogP contribution >= 0.6 is 15.9 Å².